The van der Waals surface area contributed by atoms with Gasteiger partial charge in [0.15, 0.2) is 0 Å². The Kier molecular flexibility index (Phi) is 6.06. The van der Waals surface area contributed by atoms with Crippen LogP contribution in [-0.4, -0.2) is 18.4 Å². The van der Waals surface area contributed by atoms with Crippen molar-refractivity contribution in [1.82, 2.24) is 0 Å². The number of hydrogen-bond acceptors (Lipinski definition) is 2. The van der Waals surface area contributed by atoms with Crippen LogP contribution in [0, 0.1) is 0 Å². The Hall–Kier alpha value is 0.400. The Bertz CT molecular complexity index is 293. The van der Waals surface area contributed by atoms with Crippen molar-refractivity contribution in [3.05, 3.63) is 28.2 Å². The minimum atomic E-state index is 0.238. The summed E-state index contributed by atoms with van der Waals surface area (Å²) in [6, 6.07) is 5.80. The molecule has 0 saturated carbocycles. The van der Waals surface area contributed by atoms with Gasteiger partial charge >= 0.3 is 0 Å². The van der Waals surface area contributed by atoms with Crippen molar-refractivity contribution < 1.29 is 4.74 Å². The van der Waals surface area contributed by atoms with Gasteiger partial charge in [-0.1, -0.05) is 34.8 Å². The number of rotatable bonds is 5. The SMILES string of the molecule is ClCOCCSc1ccc(Cl)c(Cl)c1. The van der Waals surface area contributed by atoms with Crippen molar-refractivity contribution in [3.8, 4) is 0 Å². The summed E-state index contributed by atoms with van der Waals surface area (Å²) in [5.74, 6) is 0.852. The van der Waals surface area contributed by atoms with E-state index in [9.17, 15) is 0 Å². The number of halogens is 3. The van der Waals surface area contributed by atoms with Gasteiger partial charge in [-0.05, 0) is 18.2 Å². The van der Waals surface area contributed by atoms with E-state index < -0.39 is 0 Å². The van der Waals surface area contributed by atoms with Crippen LogP contribution < -0.4 is 0 Å². The van der Waals surface area contributed by atoms with E-state index in [2.05, 4.69) is 0 Å². The first-order valence-electron chi connectivity index (χ1n) is 3.95. The van der Waals surface area contributed by atoms with Crippen LogP contribution in [0.3, 0.4) is 0 Å². The lowest BCUT2D eigenvalue weighted by Crippen LogP contribution is -1.94. The largest absolute Gasteiger partial charge is 0.365 e. The van der Waals surface area contributed by atoms with Crippen molar-refractivity contribution in [3.63, 3.8) is 0 Å². The van der Waals surface area contributed by atoms with Gasteiger partial charge in [0.05, 0.1) is 16.7 Å². The zero-order chi connectivity index (χ0) is 10.4. The van der Waals surface area contributed by atoms with Gasteiger partial charge in [0.2, 0.25) is 0 Å². The Balaban J connectivity index is 2.39. The molecule has 0 radical (unpaired) electrons. The summed E-state index contributed by atoms with van der Waals surface area (Å²) in [4.78, 5) is 1.08. The van der Waals surface area contributed by atoms with E-state index in [1.165, 1.54) is 0 Å². The summed E-state index contributed by atoms with van der Waals surface area (Å²) in [5.41, 5.74) is 0. The van der Waals surface area contributed by atoms with Gasteiger partial charge in [0, 0.05) is 10.6 Å². The fourth-order valence-corrected chi connectivity index (χ4v) is 2.11. The third kappa shape index (κ3) is 4.28. The summed E-state index contributed by atoms with van der Waals surface area (Å²) >= 11 is 18.7. The lowest BCUT2D eigenvalue weighted by atomic mass is 10.4. The highest BCUT2D eigenvalue weighted by Gasteiger charge is 1.99. The molecular formula is C9H9Cl3OS. The van der Waals surface area contributed by atoms with Crippen LogP contribution in [0.4, 0.5) is 0 Å². The monoisotopic (exact) mass is 270 g/mol. The molecule has 1 nitrogen and oxygen atoms in total. The van der Waals surface area contributed by atoms with Crippen molar-refractivity contribution in [2.45, 2.75) is 4.90 Å². The van der Waals surface area contributed by atoms with E-state index in [0.29, 0.717) is 16.7 Å². The molecule has 0 aromatic heterocycles. The van der Waals surface area contributed by atoms with E-state index in [4.69, 9.17) is 39.5 Å². The summed E-state index contributed by atoms with van der Waals surface area (Å²) in [5, 5.41) is 1.16. The quantitative estimate of drug-likeness (QED) is 0.449. The molecule has 0 aliphatic rings. The fourth-order valence-electron chi connectivity index (χ4n) is 0.840. The highest BCUT2D eigenvalue weighted by Crippen LogP contribution is 2.27. The van der Waals surface area contributed by atoms with Gasteiger partial charge in [-0.2, -0.15) is 0 Å². The van der Waals surface area contributed by atoms with Crippen LogP contribution in [0.25, 0.3) is 0 Å². The van der Waals surface area contributed by atoms with Crippen LogP contribution in [0.15, 0.2) is 23.1 Å². The first-order chi connectivity index (χ1) is 6.74. The van der Waals surface area contributed by atoms with E-state index in [-0.39, 0.29) is 6.07 Å². The predicted molar refractivity (Wildman–Crippen MR) is 63.9 cm³/mol. The number of thioether (sulfide) groups is 1. The second kappa shape index (κ2) is 6.81. The molecule has 0 aliphatic heterocycles. The smallest absolute Gasteiger partial charge is 0.120 e. The number of benzene rings is 1. The van der Waals surface area contributed by atoms with E-state index in [1.54, 1.807) is 17.8 Å². The molecule has 0 bridgehead atoms. The first kappa shape index (κ1) is 12.5. The molecule has 0 heterocycles. The molecule has 5 heteroatoms. The lowest BCUT2D eigenvalue weighted by Gasteiger charge is -2.02. The minimum absolute atomic E-state index is 0.238. The summed E-state index contributed by atoms with van der Waals surface area (Å²) in [7, 11) is 0. The molecule has 0 unspecified atom stereocenters. The highest BCUT2D eigenvalue weighted by molar-refractivity contribution is 7.99. The van der Waals surface area contributed by atoms with E-state index in [1.807, 2.05) is 12.1 Å². The summed E-state index contributed by atoms with van der Waals surface area (Å²) < 4.78 is 4.99. The van der Waals surface area contributed by atoms with Crippen LogP contribution in [-0.2, 0) is 4.74 Å². The van der Waals surface area contributed by atoms with Crippen LogP contribution in [0.1, 0.15) is 0 Å². The van der Waals surface area contributed by atoms with Crippen molar-refractivity contribution in [2.75, 3.05) is 18.4 Å². The maximum atomic E-state index is 5.86. The van der Waals surface area contributed by atoms with Crippen molar-refractivity contribution in [1.29, 1.82) is 0 Å². The summed E-state index contributed by atoms with van der Waals surface area (Å²) in [6.07, 6.45) is 0. The van der Waals surface area contributed by atoms with Gasteiger partial charge in [0.25, 0.3) is 0 Å². The molecule has 1 rings (SSSR count). The van der Waals surface area contributed by atoms with Gasteiger partial charge in [-0.3, -0.25) is 0 Å². The third-order valence-corrected chi connectivity index (χ3v) is 3.32. The molecule has 0 saturated heterocycles. The Morgan fingerprint density at radius 1 is 1.21 bits per heavy atom. The number of alkyl halides is 1. The molecule has 1 aromatic rings. The standard InChI is InChI=1S/C9H9Cl3OS/c10-6-13-3-4-14-7-1-2-8(11)9(12)5-7/h1-2,5H,3-4,6H2. The van der Waals surface area contributed by atoms with Crippen molar-refractivity contribution in [2.24, 2.45) is 0 Å². The summed E-state index contributed by atoms with van der Waals surface area (Å²) in [6.45, 7) is 0.633. The van der Waals surface area contributed by atoms with Gasteiger partial charge in [-0.15, -0.1) is 11.8 Å². The molecule has 0 atom stereocenters. The predicted octanol–water partition coefficient (Wildman–Crippen LogP) is 4.30. The maximum Gasteiger partial charge on any atom is 0.120 e. The zero-order valence-corrected chi connectivity index (χ0v) is 10.4. The minimum Gasteiger partial charge on any atom is -0.365 e. The van der Waals surface area contributed by atoms with Crippen LogP contribution in [0.2, 0.25) is 10.0 Å². The Labute approximate surface area is 103 Å². The first-order valence-corrected chi connectivity index (χ1v) is 6.23. The molecule has 0 aliphatic carbocycles. The second-order valence-corrected chi connectivity index (χ2v) is 4.64. The van der Waals surface area contributed by atoms with Crippen LogP contribution >= 0.6 is 46.6 Å². The molecule has 14 heavy (non-hydrogen) atoms. The third-order valence-electron chi connectivity index (χ3n) is 1.46. The van der Waals surface area contributed by atoms with Gasteiger partial charge in [0.1, 0.15) is 6.07 Å². The molecule has 0 amide bonds. The normalized spacial score (nSPS) is 10.5. The average Bonchev–Trinajstić information content (AvgIpc) is 2.18. The molecule has 0 N–H and O–H groups in total. The number of hydrogen-bond donors (Lipinski definition) is 0. The van der Waals surface area contributed by atoms with Crippen molar-refractivity contribution >= 4 is 46.6 Å². The second-order valence-electron chi connectivity index (χ2n) is 2.44. The van der Waals surface area contributed by atoms with Crippen LogP contribution in [0.5, 0.6) is 0 Å². The topological polar surface area (TPSA) is 9.23 Å². The van der Waals surface area contributed by atoms with Gasteiger partial charge in [-0.25, -0.2) is 0 Å². The average molecular weight is 272 g/mol. The van der Waals surface area contributed by atoms with E-state index in [0.717, 1.165) is 10.6 Å². The molecule has 0 fully saturated rings. The highest BCUT2D eigenvalue weighted by atomic mass is 35.5. The molecule has 78 valence electrons. The van der Waals surface area contributed by atoms with Gasteiger partial charge < -0.3 is 4.74 Å². The molecular weight excluding hydrogens is 263 g/mol. The Morgan fingerprint density at radius 2 is 2.00 bits per heavy atom. The molecule has 0 spiro atoms. The maximum absolute atomic E-state index is 5.86. The molecule has 1 aromatic carbocycles. The fraction of sp³-hybridized carbons (Fsp3) is 0.333. The number of ether oxygens (including phenoxy) is 1. The Morgan fingerprint density at radius 3 is 2.64 bits per heavy atom. The lowest BCUT2D eigenvalue weighted by molar-refractivity contribution is 0.198. The zero-order valence-electron chi connectivity index (χ0n) is 7.30. The van der Waals surface area contributed by atoms with E-state index >= 15 is 0 Å².